The molecule has 34 heavy (non-hydrogen) atoms. The number of nitrogens with zero attached hydrogens (tertiary/aromatic N) is 3. The van der Waals surface area contributed by atoms with E-state index in [1.807, 2.05) is 6.92 Å². The summed E-state index contributed by atoms with van der Waals surface area (Å²) in [6.45, 7) is 2.57. The number of imide groups is 1. The van der Waals surface area contributed by atoms with E-state index in [0.29, 0.717) is 43.8 Å². The van der Waals surface area contributed by atoms with Crippen LogP contribution in [0, 0.1) is 17.7 Å². The summed E-state index contributed by atoms with van der Waals surface area (Å²) in [5.41, 5.74) is 0.226. The number of halogens is 1. The molecule has 1 saturated heterocycles. The van der Waals surface area contributed by atoms with Gasteiger partial charge in [0, 0.05) is 12.3 Å². The fourth-order valence-electron chi connectivity index (χ4n) is 4.37. The van der Waals surface area contributed by atoms with Gasteiger partial charge in [0.05, 0.1) is 25.0 Å². The predicted molar refractivity (Wildman–Crippen MR) is 122 cm³/mol. The van der Waals surface area contributed by atoms with Crippen LogP contribution in [0.3, 0.4) is 0 Å². The third-order valence-electron chi connectivity index (χ3n) is 6.92. The number of nitrogens with one attached hydrogen (secondary N) is 1. The molecule has 1 aliphatic carbocycles. The van der Waals surface area contributed by atoms with Crippen molar-refractivity contribution in [3.05, 3.63) is 41.5 Å². The number of rotatable bonds is 12. The Kier molecular flexibility index (Phi) is 7.60. The van der Waals surface area contributed by atoms with Crippen LogP contribution >= 0.6 is 0 Å². The standard InChI is InChI=1S/C25H33FN4O4/c1-2-25(33,19-10-11-21(26)22(13-19)34-15-17-7-8-17)16-30-20(14-27-29-30)6-4-3-5-18-9-12-23(31)28-24(18)32/h10-11,13-14,17-18,33H,2-9,12,15-16H2,1H3,(H,28,31,32)/t18?,25-/m1/s1. The molecule has 2 heterocycles. The van der Waals surface area contributed by atoms with Gasteiger partial charge >= 0.3 is 0 Å². The first-order valence-electron chi connectivity index (χ1n) is 12.2. The number of aliphatic hydroxyl groups is 1. The molecule has 2 aliphatic rings. The van der Waals surface area contributed by atoms with Gasteiger partial charge in [0.25, 0.3) is 0 Å². The Hall–Kier alpha value is -2.81. The molecule has 2 fully saturated rings. The maximum Gasteiger partial charge on any atom is 0.229 e. The van der Waals surface area contributed by atoms with Crippen molar-refractivity contribution < 1.29 is 23.8 Å². The number of aryl methyl sites for hydroxylation is 1. The zero-order valence-corrected chi connectivity index (χ0v) is 19.6. The monoisotopic (exact) mass is 472 g/mol. The Morgan fingerprint density at radius 2 is 2.09 bits per heavy atom. The van der Waals surface area contributed by atoms with Crippen molar-refractivity contribution in [3.8, 4) is 5.75 Å². The highest BCUT2D eigenvalue weighted by Gasteiger charge is 2.31. The molecule has 1 aromatic heterocycles. The minimum Gasteiger partial charge on any atom is -0.490 e. The van der Waals surface area contributed by atoms with Crippen LogP contribution in [0.5, 0.6) is 5.75 Å². The fraction of sp³-hybridized carbons (Fsp3) is 0.600. The summed E-state index contributed by atoms with van der Waals surface area (Å²) in [6, 6.07) is 4.53. The van der Waals surface area contributed by atoms with E-state index in [4.69, 9.17) is 4.74 Å². The van der Waals surface area contributed by atoms with Crippen molar-refractivity contribution in [1.82, 2.24) is 20.3 Å². The second-order valence-electron chi connectivity index (χ2n) is 9.56. The van der Waals surface area contributed by atoms with E-state index >= 15 is 0 Å². The van der Waals surface area contributed by atoms with Crippen LogP contribution < -0.4 is 10.1 Å². The van der Waals surface area contributed by atoms with E-state index < -0.39 is 11.4 Å². The number of hydrogen-bond acceptors (Lipinski definition) is 6. The smallest absolute Gasteiger partial charge is 0.229 e. The zero-order chi connectivity index (χ0) is 24.1. The average Bonchev–Trinajstić information content (AvgIpc) is 3.55. The summed E-state index contributed by atoms with van der Waals surface area (Å²) in [5.74, 6) is -0.233. The summed E-state index contributed by atoms with van der Waals surface area (Å²) in [4.78, 5) is 23.2. The first-order valence-corrected chi connectivity index (χ1v) is 12.2. The lowest BCUT2D eigenvalue weighted by molar-refractivity contribution is -0.136. The lowest BCUT2D eigenvalue weighted by Crippen LogP contribution is -2.40. The minimum absolute atomic E-state index is 0.110. The number of amides is 2. The van der Waals surface area contributed by atoms with Gasteiger partial charge in [-0.05, 0) is 68.6 Å². The molecule has 0 bridgehead atoms. The first kappa shape index (κ1) is 24.3. The third kappa shape index (κ3) is 6.00. The highest BCUT2D eigenvalue weighted by atomic mass is 19.1. The van der Waals surface area contributed by atoms with Crippen LogP contribution in [0.25, 0.3) is 0 Å². The Morgan fingerprint density at radius 3 is 2.82 bits per heavy atom. The number of aromatic nitrogens is 3. The normalized spacial score (nSPS) is 20.1. The molecule has 1 unspecified atom stereocenters. The van der Waals surface area contributed by atoms with E-state index in [2.05, 4.69) is 15.6 Å². The van der Waals surface area contributed by atoms with Crippen LogP contribution in [-0.4, -0.2) is 38.5 Å². The van der Waals surface area contributed by atoms with Gasteiger partial charge in [0.1, 0.15) is 5.60 Å². The van der Waals surface area contributed by atoms with Gasteiger partial charge in [0.2, 0.25) is 11.8 Å². The molecule has 184 valence electrons. The lowest BCUT2D eigenvalue weighted by Gasteiger charge is -2.28. The van der Waals surface area contributed by atoms with Gasteiger partial charge in [-0.3, -0.25) is 14.9 Å². The van der Waals surface area contributed by atoms with Gasteiger partial charge in [-0.25, -0.2) is 9.07 Å². The molecule has 2 N–H and O–H groups in total. The summed E-state index contributed by atoms with van der Waals surface area (Å²) >= 11 is 0. The Labute approximate surface area is 198 Å². The second kappa shape index (κ2) is 10.6. The molecule has 0 spiro atoms. The molecule has 8 nitrogen and oxygen atoms in total. The lowest BCUT2D eigenvalue weighted by atomic mass is 9.90. The molecule has 2 atom stereocenters. The van der Waals surface area contributed by atoms with Crippen molar-refractivity contribution in [2.75, 3.05) is 6.61 Å². The van der Waals surface area contributed by atoms with Gasteiger partial charge < -0.3 is 9.84 Å². The van der Waals surface area contributed by atoms with Crippen LogP contribution in [0.4, 0.5) is 4.39 Å². The topological polar surface area (TPSA) is 106 Å². The largest absolute Gasteiger partial charge is 0.490 e. The molecule has 1 saturated carbocycles. The third-order valence-corrected chi connectivity index (χ3v) is 6.92. The molecular formula is C25H33FN4O4. The SMILES string of the molecule is CC[C@@](O)(Cn1nncc1CCCCC1CCC(=O)NC1=O)c1ccc(F)c(OCC2CC2)c1. The van der Waals surface area contributed by atoms with Crippen molar-refractivity contribution in [2.24, 2.45) is 11.8 Å². The molecule has 0 radical (unpaired) electrons. The van der Waals surface area contributed by atoms with Crippen molar-refractivity contribution >= 4 is 11.8 Å². The number of benzene rings is 1. The fourth-order valence-corrected chi connectivity index (χ4v) is 4.37. The van der Waals surface area contributed by atoms with Crippen LogP contribution in [0.15, 0.2) is 24.4 Å². The molecule has 9 heteroatoms. The highest BCUT2D eigenvalue weighted by molar-refractivity contribution is 5.98. The number of carbonyl (C=O) groups excluding carboxylic acids is 2. The van der Waals surface area contributed by atoms with E-state index in [-0.39, 0.29) is 30.0 Å². The first-order chi connectivity index (χ1) is 16.4. The minimum atomic E-state index is -1.25. The Morgan fingerprint density at radius 1 is 1.26 bits per heavy atom. The number of carbonyl (C=O) groups is 2. The molecular weight excluding hydrogens is 439 g/mol. The number of unbranched alkanes of at least 4 members (excludes halogenated alkanes) is 1. The molecule has 4 rings (SSSR count). The summed E-state index contributed by atoms with van der Waals surface area (Å²) in [5, 5.41) is 22.0. The maximum atomic E-state index is 14.2. The van der Waals surface area contributed by atoms with Crippen molar-refractivity contribution in [3.63, 3.8) is 0 Å². The maximum absolute atomic E-state index is 14.2. The van der Waals surface area contributed by atoms with Gasteiger partial charge in [-0.1, -0.05) is 24.6 Å². The number of hydrogen-bond donors (Lipinski definition) is 2. The van der Waals surface area contributed by atoms with Crippen LogP contribution in [0.2, 0.25) is 0 Å². The Balaban J connectivity index is 1.35. The van der Waals surface area contributed by atoms with E-state index in [1.54, 1.807) is 23.0 Å². The number of ether oxygens (including phenoxy) is 1. The van der Waals surface area contributed by atoms with Crippen LogP contribution in [-0.2, 0) is 28.2 Å². The molecule has 1 aliphatic heterocycles. The summed E-state index contributed by atoms with van der Waals surface area (Å²) < 4.78 is 21.6. The van der Waals surface area contributed by atoms with Crippen LogP contribution in [0.1, 0.15) is 69.5 Å². The molecule has 2 amide bonds. The summed E-state index contributed by atoms with van der Waals surface area (Å²) in [6.07, 6.45) is 8.47. The quantitative estimate of drug-likeness (QED) is 0.363. The predicted octanol–water partition coefficient (Wildman–Crippen LogP) is 3.27. The van der Waals surface area contributed by atoms with Gasteiger partial charge in [-0.2, -0.15) is 0 Å². The van der Waals surface area contributed by atoms with E-state index in [9.17, 15) is 19.1 Å². The molecule has 1 aromatic carbocycles. The zero-order valence-electron chi connectivity index (χ0n) is 19.6. The van der Waals surface area contributed by atoms with E-state index in [0.717, 1.165) is 37.8 Å². The van der Waals surface area contributed by atoms with Gasteiger partial charge in [0.15, 0.2) is 11.6 Å². The highest BCUT2D eigenvalue weighted by Crippen LogP contribution is 2.34. The summed E-state index contributed by atoms with van der Waals surface area (Å²) in [7, 11) is 0. The average molecular weight is 473 g/mol. The molecule has 2 aromatic rings. The van der Waals surface area contributed by atoms with Crippen molar-refractivity contribution in [1.29, 1.82) is 0 Å². The second-order valence-corrected chi connectivity index (χ2v) is 9.56. The Bertz CT molecular complexity index is 1020. The van der Waals surface area contributed by atoms with Gasteiger partial charge in [-0.15, -0.1) is 5.10 Å². The van der Waals surface area contributed by atoms with Crippen molar-refractivity contribution in [2.45, 2.75) is 76.9 Å². The number of piperidine rings is 1. The van der Waals surface area contributed by atoms with E-state index in [1.165, 1.54) is 6.07 Å².